The summed E-state index contributed by atoms with van der Waals surface area (Å²) in [5.74, 6) is 0.338. The van der Waals surface area contributed by atoms with Gasteiger partial charge in [-0.05, 0) is 36.0 Å². The first-order valence-corrected chi connectivity index (χ1v) is 6.09. The van der Waals surface area contributed by atoms with Crippen LogP contribution in [-0.4, -0.2) is 11.1 Å². The highest BCUT2D eigenvalue weighted by atomic mass is 16.3. The molecule has 0 spiro atoms. The predicted molar refractivity (Wildman–Crippen MR) is 66.4 cm³/mol. The fourth-order valence-corrected chi connectivity index (χ4v) is 2.56. The van der Waals surface area contributed by atoms with Crippen molar-refractivity contribution in [2.45, 2.75) is 45.7 Å². The van der Waals surface area contributed by atoms with Crippen LogP contribution in [0.15, 0.2) is 24.3 Å². The van der Waals surface area contributed by atoms with Gasteiger partial charge in [-0.15, -0.1) is 0 Å². The molecule has 0 aliphatic heterocycles. The Hall–Kier alpha value is -1.02. The van der Waals surface area contributed by atoms with E-state index in [-0.39, 0.29) is 0 Å². The SMILES string of the molecule is CC1(C)CCCC1NCc1ccc(O)cc1. The number of phenolic OH excluding ortho intramolecular Hbond substituents is 1. The molecule has 1 saturated carbocycles. The van der Waals surface area contributed by atoms with Crippen molar-refractivity contribution in [3.05, 3.63) is 29.8 Å². The minimum atomic E-state index is 0.338. The lowest BCUT2D eigenvalue weighted by molar-refractivity contribution is 0.282. The molecule has 1 aliphatic carbocycles. The van der Waals surface area contributed by atoms with E-state index in [0.29, 0.717) is 17.2 Å². The molecule has 0 heterocycles. The average Bonchev–Trinajstić information content (AvgIpc) is 2.57. The topological polar surface area (TPSA) is 32.3 Å². The second-order valence-corrected chi connectivity index (χ2v) is 5.48. The molecule has 0 amide bonds. The Balaban J connectivity index is 1.90. The quantitative estimate of drug-likeness (QED) is 0.819. The van der Waals surface area contributed by atoms with E-state index < -0.39 is 0 Å². The van der Waals surface area contributed by atoms with Crippen LogP contribution in [0.4, 0.5) is 0 Å². The van der Waals surface area contributed by atoms with Crippen LogP contribution in [0.3, 0.4) is 0 Å². The standard InChI is InChI=1S/C14H21NO/c1-14(2)9-3-4-13(14)15-10-11-5-7-12(16)8-6-11/h5-8,13,15-16H,3-4,9-10H2,1-2H3. The highest BCUT2D eigenvalue weighted by Crippen LogP contribution is 2.37. The second-order valence-electron chi connectivity index (χ2n) is 5.48. The highest BCUT2D eigenvalue weighted by Gasteiger charge is 2.33. The summed E-state index contributed by atoms with van der Waals surface area (Å²) in [6, 6.07) is 8.07. The van der Waals surface area contributed by atoms with Crippen LogP contribution in [0, 0.1) is 5.41 Å². The van der Waals surface area contributed by atoms with Crippen molar-refractivity contribution in [1.29, 1.82) is 0 Å². The summed E-state index contributed by atoms with van der Waals surface area (Å²) in [5.41, 5.74) is 1.66. The van der Waals surface area contributed by atoms with Crippen molar-refractivity contribution in [3.8, 4) is 5.75 Å². The lowest BCUT2D eigenvalue weighted by Crippen LogP contribution is -2.37. The van der Waals surface area contributed by atoms with Crippen LogP contribution in [-0.2, 0) is 6.54 Å². The van der Waals surface area contributed by atoms with Crippen LogP contribution in [0.1, 0.15) is 38.7 Å². The molecule has 16 heavy (non-hydrogen) atoms. The number of nitrogens with one attached hydrogen (secondary N) is 1. The Morgan fingerprint density at radius 2 is 2.00 bits per heavy atom. The zero-order valence-corrected chi connectivity index (χ0v) is 10.2. The monoisotopic (exact) mass is 219 g/mol. The molecule has 1 fully saturated rings. The summed E-state index contributed by atoms with van der Waals surface area (Å²) in [6.07, 6.45) is 3.94. The van der Waals surface area contributed by atoms with Gasteiger partial charge in [-0.1, -0.05) is 32.4 Å². The minimum Gasteiger partial charge on any atom is -0.508 e. The van der Waals surface area contributed by atoms with Gasteiger partial charge in [0.15, 0.2) is 0 Å². The molecule has 1 unspecified atom stereocenters. The Morgan fingerprint density at radius 1 is 1.31 bits per heavy atom. The van der Waals surface area contributed by atoms with E-state index in [1.54, 1.807) is 12.1 Å². The zero-order valence-electron chi connectivity index (χ0n) is 10.2. The Bertz CT molecular complexity index is 342. The molecule has 0 bridgehead atoms. The number of aromatic hydroxyl groups is 1. The molecule has 2 nitrogen and oxygen atoms in total. The van der Waals surface area contributed by atoms with Crippen molar-refractivity contribution < 1.29 is 5.11 Å². The number of hydrogen-bond acceptors (Lipinski definition) is 2. The zero-order chi connectivity index (χ0) is 11.6. The lowest BCUT2D eigenvalue weighted by atomic mass is 9.87. The van der Waals surface area contributed by atoms with Gasteiger partial charge in [0.1, 0.15) is 5.75 Å². The maximum Gasteiger partial charge on any atom is 0.115 e. The maximum atomic E-state index is 9.20. The normalized spacial score (nSPS) is 23.5. The van der Waals surface area contributed by atoms with E-state index >= 15 is 0 Å². The summed E-state index contributed by atoms with van der Waals surface area (Å²) < 4.78 is 0. The van der Waals surface area contributed by atoms with E-state index in [1.165, 1.54) is 24.8 Å². The number of benzene rings is 1. The van der Waals surface area contributed by atoms with E-state index in [9.17, 15) is 5.11 Å². The fraction of sp³-hybridized carbons (Fsp3) is 0.571. The van der Waals surface area contributed by atoms with Crippen molar-refractivity contribution in [2.24, 2.45) is 5.41 Å². The molecule has 0 radical (unpaired) electrons. The number of phenols is 1. The molecule has 1 aromatic rings. The number of rotatable bonds is 3. The van der Waals surface area contributed by atoms with Gasteiger partial charge in [0.05, 0.1) is 0 Å². The summed E-state index contributed by atoms with van der Waals surface area (Å²) in [5, 5.41) is 12.8. The van der Waals surface area contributed by atoms with Gasteiger partial charge in [0.25, 0.3) is 0 Å². The van der Waals surface area contributed by atoms with Crippen molar-refractivity contribution in [3.63, 3.8) is 0 Å². The second kappa shape index (κ2) is 4.46. The summed E-state index contributed by atoms with van der Waals surface area (Å²) in [6.45, 7) is 5.58. The van der Waals surface area contributed by atoms with Gasteiger partial charge >= 0.3 is 0 Å². The first-order valence-electron chi connectivity index (χ1n) is 6.09. The first kappa shape index (κ1) is 11.5. The molecule has 2 N–H and O–H groups in total. The molecule has 0 saturated heterocycles. The van der Waals surface area contributed by atoms with Gasteiger partial charge in [-0.25, -0.2) is 0 Å². The van der Waals surface area contributed by atoms with E-state index in [4.69, 9.17) is 0 Å². The summed E-state index contributed by atoms with van der Waals surface area (Å²) in [7, 11) is 0. The van der Waals surface area contributed by atoms with Crippen LogP contribution in [0.5, 0.6) is 5.75 Å². The smallest absolute Gasteiger partial charge is 0.115 e. The van der Waals surface area contributed by atoms with Gasteiger partial charge in [0.2, 0.25) is 0 Å². The van der Waals surface area contributed by atoms with Gasteiger partial charge in [-0.2, -0.15) is 0 Å². The highest BCUT2D eigenvalue weighted by molar-refractivity contribution is 5.25. The Kier molecular flexibility index (Phi) is 3.20. The molecule has 2 rings (SSSR count). The summed E-state index contributed by atoms with van der Waals surface area (Å²) >= 11 is 0. The third-order valence-corrected chi connectivity index (χ3v) is 3.75. The lowest BCUT2D eigenvalue weighted by Gasteiger charge is -2.28. The molecular weight excluding hydrogens is 198 g/mol. The van der Waals surface area contributed by atoms with Crippen LogP contribution < -0.4 is 5.32 Å². The van der Waals surface area contributed by atoms with Crippen molar-refractivity contribution in [2.75, 3.05) is 0 Å². The molecule has 1 atom stereocenters. The van der Waals surface area contributed by atoms with Crippen LogP contribution in [0.25, 0.3) is 0 Å². The molecular formula is C14H21NO. The van der Waals surface area contributed by atoms with Gasteiger partial charge in [0, 0.05) is 12.6 Å². The predicted octanol–water partition coefficient (Wildman–Crippen LogP) is 3.06. The number of hydrogen-bond donors (Lipinski definition) is 2. The van der Waals surface area contributed by atoms with E-state index in [0.717, 1.165) is 6.54 Å². The summed E-state index contributed by atoms with van der Waals surface area (Å²) in [4.78, 5) is 0. The fourth-order valence-electron chi connectivity index (χ4n) is 2.56. The minimum absolute atomic E-state index is 0.338. The molecule has 88 valence electrons. The third-order valence-electron chi connectivity index (χ3n) is 3.75. The van der Waals surface area contributed by atoms with E-state index in [2.05, 4.69) is 19.2 Å². The largest absolute Gasteiger partial charge is 0.508 e. The maximum absolute atomic E-state index is 9.20. The first-order chi connectivity index (χ1) is 7.58. The average molecular weight is 219 g/mol. The van der Waals surface area contributed by atoms with Gasteiger partial charge in [-0.3, -0.25) is 0 Å². The molecule has 0 aromatic heterocycles. The van der Waals surface area contributed by atoms with Crippen LogP contribution >= 0.6 is 0 Å². The molecule has 1 aliphatic rings. The Morgan fingerprint density at radius 3 is 2.56 bits per heavy atom. The van der Waals surface area contributed by atoms with Gasteiger partial charge < -0.3 is 10.4 Å². The molecule has 2 heteroatoms. The van der Waals surface area contributed by atoms with Crippen molar-refractivity contribution >= 4 is 0 Å². The van der Waals surface area contributed by atoms with E-state index in [1.807, 2.05) is 12.1 Å². The Labute approximate surface area is 97.7 Å². The third kappa shape index (κ3) is 2.56. The van der Waals surface area contributed by atoms with Crippen molar-refractivity contribution in [1.82, 2.24) is 5.32 Å². The van der Waals surface area contributed by atoms with Crippen LogP contribution in [0.2, 0.25) is 0 Å². The molecule has 1 aromatic carbocycles.